The molecule has 3 N–H and O–H groups in total. The summed E-state index contributed by atoms with van der Waals surface area (Å²) in [6, 6.07) is -0.146. The zero-order valence-corrected chi connectivity index (χ0v) is 10.6. The van der Waals surface area contributed by atoms with Gasteiger partial charge in [-0.05, 0) is 5.41 Å². The van der Waals surface area contributed by atoms with Crippen LogP contribution in [0.5, 0.6) is 0 Å². The van der Waals surface area contributed by atoms with Crippen molar-refractivity contribution in [3.63, 3.8) is 0 Å². The van der Waals surface area contributed by atoms with Gasteiger partial charge in [0.15, 0.2) is 5.82 Å². The molecule has 0 bridgehead atoms. The molecule has 96 valence electrons. The second-order valence-corrected chi connectivity index (χ2v) is 5.12. The number of rotatable bonds is 5. The lowest BCUT2D eigenvalue weighted by molar-refractivity contribution is -0.121. The molecule has 0 spiro atoms. The molecule has 0 aliphatic rings. The third kappa shape index (κ3) is 4.95. The molecule has 17 heavy (non-hydrogen) atoms. The summed E-state index contributed by atoms with van der Waals surface area (Å²) >= 11 is 0. The molecule has 0 saturated heterocycles. The minimum absolute atomic E-state index is 0.0454. The van der Waals surface area contributed by atoms with E-state index in [4.69, 9.17) is 5.73 Å². The van der Waals surface area contributed by atoms with Crippen LogP contribution >= 0.6 is 0 Å². The SMILES string of the molecule is CC(C)(C)C(N)CC(=O)NCCc1ncon1. The average Bonchev–Trinajstić information content (AvgIpc) is 2.69. The first kappa shape index (κ1) is 13.6. The number of nitrogens with zero attached hydrogens (tertiary/aromatic N) is 2. The van der Waals surface area contributed by atoms with Crippen molar-refractivity contribution in [3.05, 3.63) is 12.2 Å². The maximum Gasteiger partial charge on any atom is 0.221 e. The van der Waals surface area contributed by atoms with Gasteiger partial charge in [0, 0.05) is 25.4 Å². The molecular formula is C11H20N4O2. The monoisotopic (exact) mass is 240 g/mol. The zero-order valence-electron chi connectivity index (χ0n) is 10.6. The molecule has 1 heterocycles. The van der Waals surface area contributed by atoms with Gasteiger partial charge in [-0.2, -0.15) is 4.98 Å². The molecule has 0 aliphatic carbocycles. The van der Waals surface area contributed by atoms with Gasteiger partial charge in [-0.15, -0.1) is 0 Å². The zero-order chi connectivity index (χ0) is 12.9. The minimum atomic E-state index is -0.146. The Bertz CT molecular complexity index is 343. The van der Waals surface area contributed by atoms with Crippen molar-refractivity contribution in [2.45, 2.75) is 39.7 Å². The predicted octanol–water partition coefficient (Wildman–Crippen LogP) is 0.492. The fraction of sp³-hybridized carbons (Fsp3) is 0.727. The van der Waals surface area contributed by atoms with E-state index in [0.29, 0.717) is 25.2 Å². The summed E-state index contributed by atoms with van der Waals surface area (Å²) in [4.78, 5) is 15.4. The highest BCUT2D eigenvalue weighted by molar-refractivity contribution is 5.76. The van der Waals surface area contributed by atoms with E-state index < -0.39 is 0 Å². The highest BCUT2D eigenvalue weighted by Gasteiger charge is 2.22. The second kappa shape index (κ2) is 5.77. The third-order valence-corrected chi connectivity index (χ3v) is 2.60. The Labute approximate surface area is 101 Å². The summed E-state index contributed by atoms with van der Waals surface area (Å²) in [5.41, 5.74) is 5.85. The summed E-state index contributed by atoms with van der Waals surface area (Å²) in [7, 11) is 0. The normalized spacial score (nSPS) is 13.4. The number of carbonyl (C=O) groups is 1. The van der Waals surface area contributed by atoms with E-state index in [0.717, 1.165) is 0 Å². The van der Waals surface area contributed by atoms with E-state index in [-0.39, 0.29) is 17.4 Å². The molecule has 0 fully saturated rings. The van der Waals surface area contributed by atoms with E-state index in [2.05, 4.69) is 20.0 Å². The molecular weight excluding hydrogens is 220 g/mol. The maximum absolute atomic E-state index is 11.6. The van der Waals surface area contributed by atoms with Gasteiger partial charge >= 0.3 is 0 Å². The lowest BCUT2D eigenvalue weighted by atomic mass is 9.85. The summed E-state index contributed by atoms with van der Waals surface area (Å²) in [6.07, 6.45) is 2.16. The van der Waals surface area contributed by atoms with Crippen LogP contribution in [0.15, 0.2) is 10.9 Å². The molecule has 0 aliphatic heterocycles. The van der Waals surface area contributed by atoms with Crippen molar-refractivity contribution >= 4 is 5.91 Å². The summed E-state index contributed by atoms with van der Waals surface area (Å²) in [5, 5.41) is 6.43. The van der Waals surface area contributed by atoms with Gasteiger partial charge in [0.1, 0.15) is 0 Å². The van der Waals surface area contributed by atoms with Crippen LogP contribution in [0.3, 0.4) is 0 Å². The van der Waals surface area contributed by atoms with Crippen LogP contribution in [-0.4, -0.2) is 28.6 Å². The highest BCUT2D eigenvalue weighted by atomic mass is 16.5. The lowest BCUT2D eigenvalue weighted by Gasteiger charge is -2.26. The molecule has 0 aromatic carbocycles. The lowest BCUT2D eigenvalue weighted by Crippen LogP contribution is -2.40. The third-order valence-electron chi connectivity index (χ3n) is 2.60. The van der Waals surface area contributed by atoms with Crippen LogP contribution < -0.4 is 11.1 Å². The van der Waals surface area contributed by atoms with Crippen LogP contribution in [0.4, 0.5) is 0 Å². The number of amides is 1. The van der Waals surface area contributed by atoms with E-state index >= 15 is 0 Å². The summed E-state index contributed by atoms with van der Waals surface area (Å²) < 4.78 is 4.59. The highest BCUT2D eigenvalue weighted by Crippen LogP contribution is 2.19. The molecule has 1 atom stereocenters. The smallest absolute Gasteiger partial charge is 0.221 e. The Balaban J connectivity index is 2.22. The van der Waals surface area contributed by atoms with Gasteiger partial charge in [0.05, 0.1) is 0 Å². The van der Waals surface area contributed by atoms with Gasteiger partial charge in [0.25, 0.3) is 0 Å². The first-order chi connectivity index (χ1) is 7.89. The van der Waals surface area contributed by atoms with Crippen LogP contribution in [0.25, 0.3) is 0 Å². The Morgan fingerprint density at radius 3 is 2.82 bits per heavy atom. The van der Waals surface area contributed by atoms with Gasteiger partial charge in [-0.1, -0.05) is 25.9 Å². The van der Waals surface area contributed by atoms with E-state index in [1.165, 1.54) is 6.39 Å². The summed E-state index contributed by atoms with van der Waals surface area (Å²) in [5.74, 6) is 0.543. The standard InChI is InChI=1S/C11H20N4O2/c1-11(2,3)8(12)6-10(16)13-5-4-9-14-7-17-15-9/h7-8H,4-6,12H2,1-3H3,(H,13,16). The fourth-order valence-corrected chi connectivity index (χ4v) is 1.19. The van der Waals surface area contributed by atoms with Gasteiger partial charge < -0.3 is 15.6 Å². The summed E-state index contributed by atoms with van der Waals surface area (Å²) in [6.45, 7) is 6.55. The van der Waals surface area contributed by atoms with Crippen LogP contribution in [0, 0.1) is 5.41 Å². The molecule has 1 amide bonds. The number of hydrogen-bond acceptors (Lipinski definition) is 5. The van der Waals surface area contributed by atoms with Crippen molar-refractivity contribution in [3.8, 4) is 0 Å². The Morgan fingerprint density at radius 2 is 2.29 bits per heavy atom. The predicted molar refractivity (Wildman–Crippen MR) is 63.1 cm³/mol. The second-order valence-electron chi connectivity index (χ2n) is 5.12. The van der Waals surface area contributed by atoms with Gasteiger partial charge in [0.2, 0.25) is 12.3 Å². The van der Waals surface area contributed by atoms with E-state index in [1.54, 1.807) is 0 Å². The Morgan fingerprint density at radius 1 is 1.59 bits per heavy atom. The minimum Gasteiger partial charge on any atom is -0.356 e. The van der Waals surface area contributed by atoms with Crippen molar-refractivity contribution in [2.75, 3.05) is 6.54 Å². The van der Waals surface area contributed by atoms with Crippen LogP contribution in [-0.2, 0) is 11.2 Å². The Hall–Kier alpha value is -1.43. The van der Waals surface area contributed by atoms with Crippen LogP contribution in [0.2, 0.25) is 0 Å². The van der Waals surface area contributed by atoms with Crippen molar-refractivity contribution in [1.82, 2.24) is 15.5 Å². The van der Waals surface area contributed by atoms with Gasteiger partial charge in [-0.3, -0.25) is 4.79 Å². The molecule has 1 unspecified atom stereocenters. The maximum atomic E-state index is 11.6. The molecule has 0 radical (unpaired) electrons. The molecule has 1 aromatic heterocycles. The number of nitrogens with two attached hydrogens (primary N) is 1. The van der Waals surface area contributed by atoms with Crippen LogP contribution in [0.1, 0.15) is 33.0 Å². The largest absolute Gasteiger partial charge is 0.356 e. The quantitative estimate of drug-likeness (QED) is 0.781. The molecule has 1 aromatic rings. The molecule has 6 nitrogen and oxygen atoms in total. The fourth-order valence-electron chi connectivity index (χ4n) is 1.19. The van der Waals surface area contributed by atoms with Crippen molar-refractivity contribution in [1.29, 1.82) is 0 Å². The van der Waals surface area contributed by atoms with E-state index in [9.17, 15) is 4.79 Å². The molecule has 0 saturated carbocycles. The number of aromatic nitrogens is 2. The number of carbonyl (C=O) groups excluding carboxylic acids is 1. The van der Waals surface area contributed by atoms with Crippen molar-refractivity contribution in [2.24, 2.45) is 11.1 Å². The number of hydrogen-bond donors (Lipinski definition) is 2. The first-order valence-electron chi connectivity index (χ1n) is 5.67. The molecule has 6 heteroatoms. The van der Waals surface area contributed by atoms with E-state index in [1.807, 2.05) is 20.8 Å². The van der Waals surface area contributed by atoms with Crippen molar-refractivity contribution < 1.29 is 9.32 Å². The molecule has 1 rings (SSSR count). The average molecular weight is 240 g/mol. The van der Waals surface area contributed by atoms with Gasteiger partial charge in [-0.25, -0.2) is 0 Å². The number of nitrogens with one attached hydrogen (secondary N) is 1. The first-order valence-corrected chi connectivity index (χ1v) is 5.67. The Kier molecular flexibility index (Phi) is 4.62. The topological polar surface area (TPSA) is 94.0 Å².